The van der Waals surface area contributed by atoms with Gasteiger partial charge in [-0.3, -0.25) is 0 Å². The maximum Gasteiger partial charge on any atom is 0.321 e. The second-order valence-corrected chi connectivity index (χ2v) is 1.31. The van der Waals surface area contributed by atoms with Gasteiger partial charge in [0.2, 0.25) is 0 Å². The van der Waals surface area contributed by atoms with Crippen LogP contribution in [0.4, 0.5) is 0 Å². The van der Waals surface area contributed by atoms with E-state index in [1.807, 2.05) is 0 Å². The fourth-order valence-corrected chi connectivity index (χ4v) is 0.365. The monoisotopic (exact) mass is 129 g/mol. The molecule has 0 spiro atoms. The van der Waals surface area contributed by atoms with Crippen molar-refractivity contribution in [1.82, 2.24) is 10.1 Å². The molecule has 1 rings (SSSR count). The molecule has 5 heteroatoms. The average Bonchev–Trinajstić information content (AvgIpc) is 2.14. The van der Waals surface area contributed by atoms with Gasteiger partial charge in [0, 0.05) is 0 Å². The highest BCUT2D eigenvalue weighted by molar-refractivity contribution is 6.27. The molecule has 1 heterocycles. The van der Waals surface area contributed by atoms with Gasteiger partial charge >= 0.3 is 5.35 Å². The average molecular weight is 130 g/mol. The van der Waals surface area contributed by atoms with Crippen LogP contribution in [0.2, 0.25) is 5.35 Å². The van der Waals surface area contributed by atoms with Gasteiger partial charge in [0.05, 0.1) is 0 Å². The number of nitrogens with zero attached hydrogens (tertiary/aromatic N) is 3. The van der Waals surface area contributed by atoms with Gasteiger partial charge in [0.15, 0.2) is 0 Å². The zero-order chi connectivity index (χ0) is 5.98. The highest BCUT2D eigenvalue weighted by atomic mass is 35.5. The summed E-state index contributed by atoms with van der Waals surface area (Å²) in [6.45, 7) is 0. The predicted octanol–water partition coefficient (Wildman–Crippen LogP) is 0.595. The van der Waals surface area contributed by atoms with Crippen LogP contribution in [0.25, 0.3) is 0 Å². The Morgan fingerprint density at radius 2 is 2.50 bits per heavy atom. The Morgan fingerprint density at radius 3 is 2.75 bits per heavy atom. The lowest BCUT2D eigenvalue weighted by molar-refractivity contribution is 0.417. The molecule has 0 aliphatic heterocycles. The predicted molar refractivity (Wildman–Crippen MR) is 24.0 cm³/mol. The third-order valence-corrected chi connectivity index (χ3v) is 0.655. The molecular formula is C3ClN3O. The normalized spacial score (nSPS) is 8.50. The first kappa shape index (κ1) is 5.06. The maximum absolute atomic E-state index is 8.06. The maximum atomic E-state index is 8.06. The van der Waals surface area contributed by atoms with Crippen molar-refractivity contribution in [2.45, 2.75) is 0 Å². The molecule has 0 aliphatic carbocycles. The third kappa shape index (κ3) is 0.768. The van der Waals surface area contributed by atoms with Crippen LogP contribution in [0.3, 0.4) is 0 Å². The van der Waals surface area contributed by atoms with Crippen molar-refractivity contribution >= 4 is 11.6 Å². The smallest absolute Gasteiger partial charge is 0.320 e. The fraction of sp³-hybridized carbons (Fsp3) is 0. The van der Waals surface area contributed by atoms with Crippen molar-refractivity contribution in [2.75, 3.05) is 0 Å². The zero-order valence-electron chi connectivity index (χ0n) is 3.63. The quantitative estimate of drug-likeness (QED) is 0.515. The first-order chi connectivity index (χ1) is 3.83. The van der Waals surface area contributed by atoms with E-state index in [0.717, 1.165) is 0 Å². The molecule has 40 valence electrons. The lowest BCUT2D eigenvalue weighted by Gasteiger charge is -1.60. The Morgan fingerprint density at radius 1 is 1.75 bits per heavy atom. The van der Waals surface area contributed by atoms with Crippen LogP contribution < -0.4 is 0 Å². The lowest BCUT2D eigenvalue weighted by atomic mass is 10.7. The minimum Gasteiger partial charge on any atom is -0.320 e. The van der Waals surface area contributed by atoms with Crippen LogP contribution in [-0.2, 0) is 0 Å². The van der Waals surface area contributed by atoms with E-state index in [0.29, 0.717) is 0 Å². The van der Waals surface area contributed by atoms with Crippen molar-refractivity contribution in [3.63, 3.8) is 0 Å². The Kier molecular flexibility index (Phi) is 1.14. The summed E-state index contributed by atoms with van der Waals surface area (Å²) in [7, 11) is 0. The second-order valence-electron chi connectivity index (χ2n) is 0.983. The van der Waals surface area contributed by atoms with E-state index < -0.39 is 0 Å². The van der Waals surface area contributed by atoms with Crippen LogP contribution in [0.5, 0.6) is 0 Å². The van der Waals surface area contributed by atoms with E-state index in [2.05, 4.69) is 14.7 Å². The first-order valence-corrected chi connectivity index (χ1v) is 2.10. The van der Waals surface area contributed by atoms with Crippen LogP contribution in [0.1, 0.15) is 5.82 Å². The fourth-order valence-electron chi connectivity index (χ4n) is 0.250. The number of halogens is 1. The van der Waals surface area contributed by atoms with Gasteiger partial charge in [0.25, 0.3) is 5.82 Å². The molecular weight excluding hydrogens is 130 g/mol. The molecule has 1 aromatic rings. The molecule has 1 aromatic heterocycles. The molecule has 4 nitrogen and oxygen atoms in total. The summed E-state index contributed by atoms with van der Waals surface area (Å²) in [4.78, 5) is 3.36. The van der Waals surface area contributed by atoms with Crippen LogP contribution in [-0.4, -0.2) is 10.1 Å². The van der Waals surface area contributed by atoms with E-state index in [-0.39, 0.29) is 11.2 Å². The molecule has 0 saturated heterocycles. The van der Waals surface area contributed by atoms with Crippen molar-refractivity contribution in [1.29, 1.82) is 5.26 Å². The number of rotatable bonds is 0. The van der Waals surface area contributed by atoms with Crippen LogP contribution >= 0.6 is 11.6 Å². The largest absolute Gasteiger partial charge is 0.321 e. The lowest BCUT2D eigenvalue weighted by Crippen LogP contribution is -1.71. The molecule has 0 aliphatic rings. The Hall–Kier alpha value is -1.08. The second kappa shape index (κ2) is 1.80. The standard InChI is InChI=1S/C3ClN3O/c4-3-6-2(1-5)7-8-3. The van der Waals surface area contributed by atoms with Gasteiger partial charge in [-0.25, -0.2) is 0 Å². The van der Waals surface area contributed by atoms with E-state index in [1.165, 1.54) is 0 Å². The van der Waals surface area contributed by atoms with Gasteiger partial charge in [-0.05, 0) is 16.8 Å². The molecule has 0 atom stereocenters. The molecule has 0 amide bonds. The van der Waals surface area contributed by atoms with Crippen LogP contribution in [0.15, 0.2) is 4.52 Å². The van der Waals surface area contributed by atoms with Gasteiger partial charge in [-0.2, -0.15) is 10.2 Å². The van der Waals surface area contributed by atoms with Gasteiger partial charge < -0.3 is 4.52 Å². The molecule has 0 radical (unpaired) electrons. The van der Waals surface area contributed by atoms with Gasteiger partial charge in [-0.1, -0.05) is 0 Å². The summed E-state index contributed by atoms with van der Waals surface area (Å²) in [5.41, 5.74) is 0. The molecule has 0 unspecified atom stereocenters. The van der Waals surface area contributed by atoms with Crippen molar-refractivity contribution < 1.29 is 4.52 Å². The number of nitriles is 1. The van der Waals surface area contributed by atoms with Gasteiger partial charge in [-0.15, -0.1) is 0 Å². The Bertz CT molecular complexity index is 225. The minimum atomic E-state index is -0.110. The molecule has 0 N–H and O–H groups in total. The van der Waals surface area contributed by atoms with Crippen molar-refractivity contribution in [3.05, 3.63) is 11.2 Å². The first-order valence-electron chi connectivity index (χ1n) is 1.72. The summed E-state index contributed by atoms with van der Waals surface area (Å²) in [6.07, 6.45) is 0. The van der Waals surface area contributed by atoms with E-state index in [4.69, 9.17) is 16.9 Å². The van der Waals surface area contributed by atoms with Crippen molar-refractivity contribution in [3.8, 4) is 6.07 Å². The summed E-state index contributed by atoms with van der Waals surface area (Å²) in [5, 5.41) is 11.1. The highest BCUT2D eigenvalue weighted by Crippen LogP contribution is 2.00. The van der Waals surface area contributed by atoms with Crippen molar-refractivity contribution in [2.24, 2.45) is 0 Å². The summed E-state index contributed by atoms with van der Waals surface area (Å²) in [6, 6.07) is 1.65. The topological polar surface area (TPSA) is 62.7 Å². The molecule has 0 saturated carbocycles. The third-order valence-electron chi connectivity index (χ3n) is 0.501. The number of aromatic nitrogens is 2. The number of hydrogen-bond donors (Lipinski definition) is 0. The summed E-state index contributed by atoms with van der Waals surface area (Å²) in [5.74, 6) is -0.0463. The van der Waals surface area contributed by atoms with E-state index in [1.54, 1.807) is 6.07 Å². The van der Waals surface area contributed by atoms with Crippen LogP contribution in [0, 0.1) is 11.3 Å². The summed E-state index contributed by atoms with van der Waals surface area (Å²) < 4.78 is 4.24. The van der Waals surface area contributed by atoms with E-state index in [9.17, 15) is 0 Å². The Balaban J connectivity index is 3.05. The zero-order valence-corrected chi connectivity index (χ0v) is 4.38. The molecule has 0 fully saturated rings. The highest BCUT2D eigenvalue weighted by Gasteiger charge is 1.98. The SMILES string of the molecule is N#Cc1noc(Cl)n1. The van der Waals surface area contributed by atoms with E-state index >= 15 is 0 Å². The summed E-state index contributed by atoms with van der Waals surface area (Å²) >= 11 is 5.15. The molecule has 8 heavy (non-hydrogen) atoms. The Labute approximate surface area is 49.7 Å². The van der Waals surface area contributed by atoms with Gasteiger partial charge in [0.1, 0.15) is 6.07 Å². The minimum absolute atomic E-state index is 0.0463. The molecule has 0 bridgehead atoms. The number of hydrogen-bond acceptors (Lipinski definition) is 4. The molecule has 0 aromatic carbocycles.